The minimum absolute atomic E-state index is 1.19. The van der Waals surface area contributed by atoms with Crippen molar-refractivity contribution in [3.8, 4) is 0 Å². The van der Waals surface area contributed by atoms with Gasteiger partial charge in [0.2, 0.25) is 0 Å². The highest BCUT2D eigenvalue weighted by Crippen LogP contribution is 2.13. The molecule has 33 heavy (non-hydrogen) atoms. The lowest BCUT2D eigenvalue weighted by molar-refractivity contribution is -0.697. The number of nitrogens with zero attached hydrogens (tertiary/aromatic N) is 2. The normalized spacial score (nSPS) is 19.4. The molecular weight excluding hydrogens is 400 g/mol. The molecule has 182 valence electrons. The molecule has 4 bridgehead atoms. The van der Waals surface area contributed by atoms with Gasteiger partial charge in [-0.2, -0.15) is 0 Å². The van der Waals surface area contributed by atoms with Gasteiger partial charge in [-0.1, -0.05) is 70.6 Å². The first-order valence-electron chi connectivity index (χ1n) is 14.4. The van der Waals surface area contributed by atoms with Crippen LogP contribution in [0, 0.1) is 0 Å². The third-order valence-electron chi connectivity index (χ3n) is 7.35. The Labute approximate surface area is 204 Å². The molecule has 0 saturated heterocycles. The molecule has 0 spiro atoms. The van der Waals surface area contributed by atoms with Gasteiger partial charge in [-0.05, 0) is 50.7 Å². The number of pyridine rings is 2. The fourth-order valence-electron chi connectivity index (χ4n) is 5.27. The molecule has 0 aliphatic carbocycles. The molecular formula is C31H50N2+2. The molecule has 0 atom stereocenters. The van der Waals surface area contributed by atoms with Gasteiger partial charge in [0, 0.05) is 36.1 Å². The standard InChI is InChI=1S/C31H50N2/c1-2-6-10-14-20-30-22-18-27-33(28-30)25-17-13-9-5-3-7-11-15-21-31-23-19-26-32(29-31)24-16-12-8-4-1/h18-19,22-23,26-29H,1-17,20-21,24-25H2/q+2. The van der Waals surface area contributed by atoms with Crippen LogP contribution in [0.2, 0.25) is 0 Å². The van der Waals surface area contributed by atoms with Gasteiger partial charge >= 0.3 is 0 Å². The maximum Gasteiger partial charge on any atom is 0.171 e. The zero-order chi connectivity index (χ0) is 22.8. The van der Waals surface area contributed by atoms with Crippen molar-refractivity contribution in [2.75, 3.05) is 0 Å². The molecule has 0 unspecified atom stereocenters. The summed E-state index contributed by atoms with van der Waals surface area (Å²) in [6.45, 7) is 2.37. The summed E-state index contributed by atoms with van der Waals surface area (Å²) in [4.78, 5) is 0. The lowest BCUT2D eigenvalue weighted by Gasteiger charge is -2.04. The molecule has 2 aromatic rings. The Balaban J connectivity index is 1.40. The molecule has 1 aliphatic rings. The van der Waals surface area contributed by atoms with E-state index in [2.05, 4.69) is 58.2 Å². The average molecular weight is 451 g/mol. The van der Waals surface area contributed by atoms with Crippen LogP contribution in [-0.4, -0.2) is 0 Å². The van der Waals surface area contributed by atoms with E-state index in [1.165, 1.54) is 146 Å². The summed E-state index contributed by atoms with van der Waals surface area (Å²) < 4.78 is 4.85. The second-order valence-corrected chi connectivity index (χ2v) is 10.4. The Morgan fingerprint density at radius 2 is 0.727 bits per heavy atom. The number of rotatable bonds is 0. The molecule has 0 aromatic carbocycles. The quantitative estimate of drug-likeness (QED) is 0.363. The van der Waals surface area contributed by atoms with Gasteiger partial charge in [-0.3, -0.25) is 0 Å². The predicted molar refractivity (Wildman–Crippen MR) is 139 cm³/mol. The fraction of sp³-hybridized carbons (Fsp3) is 0.677. The third-order valence-corrected chi connectivity index (χ3v) is 7.35. The number of aryl methyl sites for hydroxylation is 4. The predicted octanol–water partition coefficient (Wildman–Crippen LogP) is 7.69. The minimum atomic E-state index is 1.19. The first kappa shape index (κ1) is 25.9. The number of aromatic nitrogens is 2. The van der Waals surface area contributed by atoms with E-state index in [-0.39, 0.29) is 0 Å². The van der Waals surface area contributed by atoms with Gasteiger partial charge in [-0.15, -0.1) is 0 Å². The highest BCUT2D eigenvalue weighted by Gasteiger charge is 2.05. The zero-order valence-corrected chi connectivity index (χ0v) is 21.4. The van der Waals surface area contributed by atoms with Crippen LogP contribution in [-0.2, 0) is 25.9 Å². The molecule has 0 N–H and O–H groups in total. The molecule has 3 rings (SSSR count). The topological polar surface area (TPSA) is 7.76 Å². The summed E-state index contributed by atoms with van der Waals surface area (Å²) in [5.74, 6) is 0. The summed E-state index contributed by atoms with van der Waals surface area (Å²) >= 11 is 0. The Morgan fingerprint density at radius 1 is 0.394 bits per heavy atom. The largest absolute Gasteiger partial charge is 0.205 e. The van der Waals surface area contributed by atoms with Gasteiger partial charge in [0.15, 0.2) is 24.8 Å². The van der Waals surface area contributed by atoms with E-state index in [0.29, 0.717) is 0 Å². The van der Waals surface area contributed by atoms with E-state index in [1.54, 1.807) is 0 Å². The van der Waals surface area contributed by atoms with Gasteiger partial charge < -0.3 is 0 Å². The van der Waals surface area contributed by atoms with Crippen molar-refractivity contribution in [1.82, 2.24) is 0 Å². The van der Waals surface area contributed by atoms with Gasteiger partial charge in [0.1, 0.15) is 13.1 Å². The van der Waals surface area contributed by atoms with E-state index in [0.717, 1.165) is 0 Å². The summed E-state index contributed by atoms with van der Waals surface area (Å²) in [7, 11) is 0. The van der Waals surface area contributed by atoms with Crippen LogP contribution in [0.3, 0.4) is 0 Å². The van der Waals surface area contributed by atoms with E-state index >= 15 is 0 Å². The molecule has 3 heterocycles. The first-order chi connectivity index (χ1) is 16.4. The van der Waals surface area contributed by atoms with Crippen molar-refractivity contribution in [2.24, 2.45) is 0 Å². The van der Waals surface area contributed by atoms with Crippen LogP contribution in [0.1, 0.15) is 120 Å². The zero-order valence-electron chi connectivity index (χ0n) is 21.4. The van der Waals surface area contributed by atoms with Crippen LogP contribution in [0.15, 0.2) is 49.1 Å². The summed E-state index contributed by atoms with van der Waals surface area (Å²) in [6, 6.07) is 9.14. The van der Waals surface area contributed by atoms with Crippen LogP contribution in [0.25, 0.3) is 0 Å². The van der Waals surface area contributed by atoms with Gasteiger partial charge in [0.25, 0.3) is 0 Å². The van der Waals surface area contributed by atoms with Crippen molar-refractivity contribution in [3.63, 3.8) is 0 Å². The second kappa shape index (κ2) is 16.8. The summed E-state index contributed by atoms with van der Waals surface area (Å²) in [5, 5.41) is 0. The van der Waals surface area contributed by atoms with E-state index in [1.807, 2.05) is 0 Å². The van der Waals surface area contributed by atoms with Gasteiger partial charge in [0.05, 0.1) is 0 Å². The van der Waals surface area contributed by atoms with Crippen molar-refractivity contribution >= 4 is 0 Å². The van der Waals surface area contributed by atoms with Gasteiger partial charge in [-0.25, -0.2) is 9.13 Å². The molecule has 1 aliphatic heterocycles. The maximum absolute atomic E-state index is 2.43. The number of fused-ring (bicyclic) bond motifs is 4. The highest BCUT2D eigenvalue weighted by atomic mass is 14.9. The summed E-state index contributed by atoms with van der Waals surface area (Å²) in [6.07, 6.45) is 35.4. The fourth-order valence-corrected chi connectivity index (χ4v) is 5.27. The molecule has 2 nitrogen and oxygen atoms in total. The SMILES string of the molecule is c1cc2c[n+](c1)CCCCCCCCCCCc1ccc[n+](c1)CCCCCCCCCC2. The van der Waals surface area contributed by atoms with Crippen molar-refractivity contribution < 1.29 is 9.13 Å². The Kier molecular flexibility index (Phi) is 13.2. The van der Waals surface area contributed by atoms with E-state index in [9.17, 15) is 0 Å². The second-order valence-electron chi connectivity index (χ2n) is 10.4. The number of hydrogen-bond acceptors (Lipinski definition) is 0. The van der Waals surface area contributed by atoms with Crippen LogP contribution >= 0.6 is 0 Å². The molecule has 0 fully saturated rings. The lowest BCUT2D eigenvalue weighted by atomic mass is 10.0. The lowest BCUT2D eigenvalue weighted by Crippen LogP contribution is -2.33. The van der Waals surface area contributed by atoms with Crippen molar-refractivity contribution in [3.05, 3.63) is 60.2 Å². The molecule has 0 radical (unpaired) electrons. The highest BCUT2D eigenvalue weighted by molar-refractivity contribution is 5.05. The van der Waals surface area contributed by atoms with E-state index < -0.39 is 0 Å². The van der Waals surface area contributed by atoms with Crippen molar-refractivity contribution in [1.29, 1.82) is 0 Å². The Morgan fingerprint density at radius 3 is 1.12 bits per heavy atom. The Bertz CT molecular complexity index is 691. The van der Waals surface area contributed by atoms with Crippen LogP contribution in [0.4, 0.5) is 0 Å². The first-order valence-corrected chi connectivity index (χ1v) is 14.4. The van der Waals surface area contributed by atoms with Crippen molar-refractivity contribution in [2.45, 2.75) is 135 Å². The average Bonchev–Trinajstić information content (AvgIpc) is 2.84. The smallest absolute Gasteiger partial charge is 0.171 e. The molecule has 2 heteroatoms. The van der Waals surface area contributed by atoms with Crippen LogP contribution < -0.4 is 9.13 Å². The van der Waals surface area contributed by atoms with E-state index in [4.69, 9.17) is 0 Å². The maximum atomic E-state index is 2.43. The number of hydrogen-bond donors (Lipinski definition) is 0. The molecule has 0 amide bonds. The Hall–Kier alpha value is -1.70. The molecule has 2 aromatic heterocycles. The monoisotopic (exact) mass is 450 g/mol. The summed E-state index contributed by atoms with van der Waals surface area (Å²) in [5.41, 5.74) is 3.05. The minimum Gasteiger partial charge on any atom is -0.205 e. The molecule has 0 saturated carbocycles. The third kappa shape index (κ3) is 11.8. The van der Waals surface area contributed by atoms with Crippen LogP contribution in [0.5, 0.6) is 0 Å².